The van der Waals surface area contributed by atoms with Crippen LogP contribution in [-0.2, 0) is 19.1 Å². The second-order valence-corrected chi connectivity index (χ2v) is 11.4. The number of thioether (sulfide) groups is 3. The Labute approximate surface area is 202 Å². The van der Waals surface area contributed by atoms with E-state index >= 15 is 0 Å². The van der Waals surface area contributed by atoms with Gasteiger partial charge in [-0.05, 0) is 51.5 Å². The molecule has 0 aliphatic carbocycles. The molecule has 1 aromatic carbocycles. The van der Waals surface area contributed by atoms with Crippen LogP contribution in [0.15, 0.2) is 50.5 Å². The van der Waals surface area contributed by atoms with Crippen LogP contribution in [0.5, 0.6) is 0 Å². The predicted octanol–water partition coefficient (Wildman–Crippen LogP) is 5.79. The van der Waals surface area contributed by atoms with Gasteiger partial charge in [0.05, 0.1) is 24.3 Å². The fourth-order valence-corrected chi connectivity index (χ4v) is 8.95. The minimum absolute atomic E-state index is 0.277. The lowest BCUT2D eigenvalue weighted by Crippen LogP contribution is -2.50. The molecular formula is C24H27NO4S3. The highest BCUT2D eigenvalue weighted by Gasteiger charge is 2.55. The maximum absolute atomic E-state index is 13.1. The van der Waals surface area contributed by atoms with E-state index < -0.39 is 4.08 Å². The smallest absolute Gasteiger partial charge is 0.345 e. The van der Waals surface area contributed by atoms with E-state index in [0.717, 1.165) is 23.4 Å². The molecule has 0 aromatic heterocycles. The molecule has 1 aromatic rings. The highest BCUT2D eigenvalue weighted by Crippen LogP contribution is 2.67. The van der Waals surface area contributed by atoms with Gasteiger partial charge in [-0.15, -0.1) is 11.8 Å². The third-order valence-corrected chi connectivity index (χ3v) is 10.1. The number of carbonyl (C=O) groups excluding carboxylic acids is 2. The van der Waals surface area contributed by atoms with E-state index in [1.54, 1.807) is 25.6 Å². The Morgan fingerprint density at radius 1 is 1.00 bits per heavy atom. The quantitative estimate of drug-likeness (QED) is 0.482. The predicted molar refractivity (Wildman–Crippen MR) is 135 cm³/mol. The fraction of sp³-hybridized carbons (Fsp3) is 0.417. The molecule has 0 bridgehead atoms. The Kier molecular flexibility index (Phi) is 6.49. The molecule has 0 fully saturated rings. The lowest BCUT2D eigenvalue weighted by Gasteiger charge is -2.51. The number of anilines is 1. The van der Waals surface area contributed by atoms with E-state index in [-0.39, 0.29) is 17.5 Å². The Balaban J connectivity index is 1.92. The summed E-state index contributed by atoms with van der Waals surface area (Å²) in [6, 6.07) is 8.32. The van der Waals surface area contributed by atoms with Crippen LogP contribution in [0.2, 0.25) is 0 Å². The van der Waals surface area contributed by atoms with Gasteiger partial charge in [0, 0.05) is 28.3 Å². The monoisotopic (exact) mass is 489 g/mol. The molecule has 5 nitrogen and oxygen atoms in total. The topological polar surface area (TPSA) is 55.8 Å². The maximum Gasteiger partial charge on any atom is 0.345 e. The Hall–Kier alpha value is -1.77. The van der Waals surface area contributed by atoms with Crippen LogP contribution in [0, 0.1) is 0 Å². The van der Waals surface area contributed by atoms with E-state index in [4.69, 9.17) is 9.47 Å². The van der Waals surface area contributed by atoms with Crippen molar-refractivity contribution in [1.82, 2.24) is 0 Å². The first-order valence-electron chi connectivity index (χ1n) is 10.7. The molecule has 0 saturated heterocycles. The van der Waals surface area contributed by atoms with Gasteiger partial charge in [-0.3, -0.25) is 0 Å². The molecular weight excluding hydrogens is 462 g/mol. The summed E-state index contributed by atoms with van der Waals surface area (Å²) in [6.45, 7) is 11.7. The van der Waals surface area contributed by atoms with Crippen molar-refractivity contribution in [3.8, 4) is 0 Å². The summed E-state index contributed by atoms with van der Waals surface area (Å²) >= 11 is 4.47. The van der Waals surface area contributed by atoms with Gasteiger partial charge >= 0.3 is 11.9 Å². The second kappa shape index (κ2) is 8.88. The van der Waals surface area contributed by atoms with E-state index in [9.17, 15) is 9.59 Å². The number of hydrogen-bond acceptors (Lipinski definition) is 8. The van der Waals surface area contributed by atoms with Crippen LogP contribution in [0.25, 0.3) is 5.57 Å². The summed E-state index contributed by atoms with van der Waals surface area (Å²) in [4.78, 5) is 29.8. The largest absolute Gasteiger partial charge is 0.463 e. The van der Waals surface area contributed by atoms with Crippen LogP contribution in [0.1, 0.15) is 40.2 Å². The molecule has 0 unspecified atom stereocenters. The van der Waals surface area contributed by atoms with Crippen LogP contribution >= 0.6 is 35.3 Å². The number of likely N-dealkylation sites (N-methyl/N-ethyl adjacent to an activating group) is 1. The summed E-state index contributed by atoms with van der Waals surface area (Å²) in [5.74, 6) is -0.706. The third kappa shape index (κ3) is 3.51. The lowest BCUT2D eigenvalue weighted by molar-refractivity contribution is -0.139. The van der Waals surface area contributed by atoms with Gasteiger partial charge in [0.15, 0.2) is 0 Å². The SMILES string of the molecule is CCOC(=O)C1=CS[C@]2(S1)C(C(=O)OCC)=CSC1=C2c2ccccc2N(CC)C1(C)C. The van der Waals surface area contributed by atoms with Crippen molar-refractivity contribution in [2.45, 2.75) is 44.2 Å². The number of para-hydroxylation sites is 1. The summed E-state index contributed by atoms with van der Waals surface area (Å²) < 4.78 is 9.93. The molecule has 1 atom stereocenters. The number of nitrogens with zero attached hydrogens (tertiary/aromatic N) is 1. The molecule has 0 N–H and O–H groups in total. The molecule has 0 amide bonds. The Morgan fingerprint density at radius 2 is 1.69 bits per heavy atom. The number of fused-ring (bicyclic) bond motifs is 3. The standard InChI is InChI=1S/C24H27NO4S3/c1-6-25-17-12-10-9-11-15(17)19-20(23(25,4)5)30-13-16(21(26)28-7-2)24(19)31-14-18(32-24)22(27)29-8-3/h9-14H,6-8H2,1-5H3/t24-/m0/s1. The van der Waals surface area contributed by atoms with E-state index in [0.29, 0.717) is 23.7 Å². The number of rotatable bonds is 5. The minimum Gasteiger partial charge on any atom is -0.463 e. The zero-order valence-electron chi connectivity index (χ0n) is 18.9. The molecule has 3 aliphatic rings. The highest BCUT2D eigenvalue weighted by atomic mass is 32.2. The highest BCUT2D eigenvalue weighted by molar-refractivity contribution is 8.25. The zero-order chi connectivity index (χ0) is 23.1. The first-order valence-corrected chi connectivity index (χ1v) is 13.3. The first kappa shape index (κ1) is 23.4. The van der Waals surface area contributed by atoms with Crippen LogP contribution in [-0.4, -0.2) is 41.3 Å². The molecule has 3 aliphatic heterocycles. The van der Waals surface area contributed by atoms with Gasteiger partial charge in [0.2, 0.25) is 0 Å². The number of ether oxygens (including phenoxy) is 2. The molecule has 0 radical (unpaired) electrons. The zero-order valence-corrected chi connectivity index (χ0v) is 21.3. The number of carbonyl (C=O) groups is 2. The number of benzene rings is 1. The summed E-state index contributed by atoms with van der Waals surface area (Å²) in [5.41, 5.74) is 3.58. The van der Waals surface area contributed by atoms with Crippen molar-refractivity contribution >= 4 is 58.5 Å². The van der Waals surface area contributed by atoms with Crippen molar-refractivity contribution in [3.63, 3.8) is 0 Å². The fourth-order valence-electron chi connectivity index (χ4n) is 4.45. The third-order valence-electron chi connectivity index (χ3n) is 5.77. The van der Waals surface area contributed by atoms with Gasteiger partial charge in [-0.1, -0.05) is 41.7 Å². The molecule has 170 valence electrons. The first-order chi connectivity index (χ1) is 15.3. The van der Waals surface area contributed by atoms with Gasteiger partial charge in [-0.2, -0.15) is 0 Å². The van der Waals surface area contributed by atoms with Gasteiger partial charge in [0.1, 0.15) is 8.98 Å². The molecule has 3 heterocycles. The minimum atomic E-state index is -0.803. The summed E-state index contributed by atoms with van der Waals surface area (Å²) in [6.07, 6.45) is 0. The average molecular weight is 490 g/mol. The van der Waals surface area contributed by atoms with Crippen molar-refractivity contribution in [1.29, 1.82) is 0 Å². The molecule has 4 rings (SSSR count). The van der Waals surface area contributed by atoms with Crippen LogP contribution in [0.4, 0.5) is 5.69 Å². The van der Waals surface area contributed by atoms with E-state index in [1.165, 1.54) is 28.4 Å². The van der Waals surface area contributed by atoms with Crippen LogP contribution in [0.3, 0.4) is 0 Å². The second-order valence-electron chi connectivity index (χ2n) is 7.93. The van der Waals surface area contributed by atoms with Crippen molar-refractivity contribution in [3.05, 3.63) is 56.0 Å². The van der Waals surface area contributed by atoms with Gasteiger partial charge in [-0.25, -0.2) is 9.59 Å². The summed E-state index contributed by atoms with van der Waals surface area (Å²) in [5, 5.41) is 3.75. The molecule has 0 saturated carbocycles. The average Bonchev–Trinajstić information content (AvgIpc) is 3.19. The van der Waals surface area contributed by atoms with Crippen molar-refractivity contribution in [2.75, 3.05) is 24.7 Å². The van der Waals surface area contributed by atoms with Crippen molar-refractivity contribution in [2.24, 2.45) is 0 Å². The Morgan fingerprint density at radius 3 is 2.38 bits per heavy atom. The summed E-state index contributed by atoms with van der Waals surface area (Å²) in [7, 11) is 0. The van der Waals surface area contributed by atoms with E-state index in [2.05, 4.69) is 37.8 Å². The molecule has 1 spiro atoms. The van der Waals surface area contributed by atoms with Gasteiger partial charge < -0.3 is 14.4 Å². The van der Waals surface area contributed by atoms with Crippen LogP contribution < -0.4 is 4.90 Å². The van der Waals surface area contributed by atoms with E-state index in [1.807, 2.05) is 22.9 Å². The number of hydrogen-bond donors (Lipinski definition) is 0. The maximum atomic E-state index is 13.1. The normalized spacial score (nSPS) is 23.3. The number of esters is 2. The van der Waals surface area contributed by atoms with Gasteiger partial charge in [0.25, 0.3) is 0 Å². The molecule has 32 heavy (non-hydrogen) atoms. The lowest BCUT2D eigenvalue weighted by atomic mass is 9.84. The molecule has 8 heteroatoms. The van der Waals surface area contributed by atoms with Crippen molar-refractivity contribution < 1.29 is 19.1 Å². The Bertz CT molecular complexity index is 1060.